The molecule has 4 nitrogen and oxygen atoms in total. The molecule has 0 heterocycles. The molecule has 0 unspecified atom stereocenters. The van der Waals surface area contributed by atoms with Gasteiger partial charge in [0, 0.05) is 22.6 Å². The average Bonchev–Trinajstić information content (AvgIpc) is 2.23. The minimum absolute atomic E-state index is 0.0604. The molecular weight excluding hydrogens is 295 g/mol. The molecule has 0 aliphatic carbocycles. The first kappa shape index (κ1) is 13.3. The van der Waals surface area contributed by atoms with E-state index in [-0.39, 0.29) is 12.6 Å². The van der Waals surface area contributed by atoms with E-state index >= 15 is 0 Å². The maximum Gasteiger partial charge on any atom is 0.319 e. The Morgan fingerprint density at radius 3 is 2.88 bits per heavy atom. The second-order valence-electron chi connectivity index (χ2n) is 3.08. The minimum atomic E-state index is -0.309. The third-order valence-electron chi connectivity index (χ3n) is 1.80. The van der Waals surface area contributed by atoms with E-state index in [1.165, 1.54) is 0 Å². The zero-order chi connectivity index (χ0) is 12.0. The lowest BCUT2D eigenvalue weighted by Crippen LogP contribution is -2.30. The van der Waals surface area contributed by atoms with Gasteiger partial charge in [0.05, 0.1) is 5.69 Å². The number of hydrogen-bond acceptors (Lipinski definition) is 2. The Hall–Kier alpha value is -0.780. The Labute approximate surface area is 107 Å². The van der Waals surface area contributed by atoms with Gasteiger partial charge < -0.3 is 15.7 Å². The third kappa shape index (κ3) is 4.38. The molecule has 0 atom stereocenters. The highest BCUT2D eigenvalue weighted by atomic mass is 79.9. The van der Waals surface area contributed by atoms with Gasteiger partial charge in [-0.3, -0.25) is 0 Å². The number of carbonyl (C=O) groups excluding carboxylic acids is 1. The van der Waals surface area contributed by atoms with E-state index in [0.29, 0.717) is 23.7 Å². The number of amides is 2. The number of anilines is 1. The molecule has 0 aliphatic rings. The molecule has 6 heteroatoms. The molecule has 16 heavy (non-hydrogen) atoms. The number of aliphatic hydroxyl groups excluding tert-OH is 1. The van der Waals surface area contributed by atoms with Crippen molar-refractivity contribution < 1.29 is 9.90 Å². The Kier molecular flexibility index (Phi) is 5.59. The fourth-order valence-electron chi connectivity index (χ4n) is 1.04. The molecule has 0 spiro atoms. The predicted octanol–water partition coefficient (Wildman–Crippen LogP) is 2.61. The zero-order valence-electron chi connectivity index (χ0n) is 8.46. The van der Waals surface area contributed by atoms with Gasteiger partial charge >= 0.3 is 6.03 Å². The molecule has 1 aromatic carbocycles. The first-order valence-corrected chi connectivity index (χ1v) is 5.91. The van der Waals surface area contributed by atoms with E-state index in [9.17, 15) is 4.79 Å². The molecular formula is C10H12BrClN2O2. The third-order valence-corrected chi connectivity index (χ3v) is 2.69. The summed E-state index contributed by atoms with van der Waals surface area (Å²) in [5, 5.41) is 14.4. The van der Waals surface area contributed by atoms with Crippen molar-refractivity contribution in [3.05, 3.63) is 27.7 Å². The van der Waals surface area contributed by atoms with Crippen LogP contribution in [0.4, 0.5) is 10.5 Å². The van der Waals surface area contributed by atoms with E-state index in [1.54, 1.807) is 18.2 Å². The van der Waals surface area contributed by atoms with Crippen molar-refractivity contribution >= 4 is 39.2 Å². The fraction of sp³-hybridized carbons (Fsp3) is 0.300. The number of aliphatic hydroxyl groups is 1. The number of hydrogen-bond donors (Lipinski definition) is 3. The van der Waals surface area contributed by atoms with E-state index in [4.69, 9.17) is 16.7 Å². The van der Waals surface area contributed by atoms with E-state index < -0.39 is 0 Å². The Bertz CT molecular complexity index is 374. The van der Waals surface area contributed by atoms with Crippen LogP contribution in [-0.2, 0) is 0 Å². The van der Waals surface area contributed by atoms with Crippen molar-refractivity contribution in [3.63, 3.8) is 0 Å². The van der Waals surface area contributed by atoms with Gasteiger partial charge in [-0.25, -0.2) is 4.79 Å². The van der Waals surface area contributed by atoms with Crippen molar-refractivity contribution in [2.75, 3.05) is 18.5 Å². The van der Waals surface area contributed by atoms with Crippen molar-refractivity contribution in [2.24, 2.45) is 0 Å². The number of urea groups is 1. The lowest BCUT2D eigenvalue weighted by atomic mass is 10.3. The first-order chi connectivity index (χ1) is 7.63. The van der Waals surface area contributed by atoms with Crippen LogP contribution < -0.4 is 10.6 Å². The van der Waals surface area contributed by atoms with Crippen LogP contribution in [0, 0.1) is 0 Å². The Morgan fingerprint density at radius 1 is 1.50 bits per heavy atom. The molecule has 0 saturated heterocycles. The monoisotopic (exact) mass is 306 g/mol. The molecule has 0 aliphatic heterocycles. The lowest BCUT2D eigenvalue weighted by molar-refractivity contribution is 0.249. The van der Waals surface area contributed by atoms with E-state index in [0.717, 1.165) is 4.47 Å². The van der Waals surface area contributed by atoms with Crippen LogP contribution in [0.25, 0.3) is 0 Å². The van der Waals surface area contributed by atoms with Gasteiger partial charge in [0.2, 0.25) is 0 Å². The van der Waals surface area contributed by atoms with Crippen LogP contribution >= 0.6 is 27.5 Å². The summed E-state index contributed by atoms with van der Waals surface area (Å²) in [6.45, 7) is 0.498. The van der Waals surface area contributed by atoms with Crippen molar-refractivity contribution in [2.45, 2.75) is 6.42 Å². The van der Waals surface area contributed by atoms with E-state index in [2.05, 4.69) is 26.6 Å². The average molecular weight is 308 g/mol. The zero-order valence-corrected chi connectivity index (χ0v) is 10.8. The van der Waals surface area contributed by atoms with Gasteiger partial charge in [0.25, 0.3) is 0 Å². The second kappa shape index (κ2) is 6.73. The molecule has 0 radical (unpaired) electrons. The van der Waals surface area contributed by atoms with Gasteiger partial charge in [-0.05, 0) is 40.5 Å². The normalized spacial score (nSPS) is 9.94. The highest BCUT2D eigenvalue weighted by molar-refractivity contribution is 9.10. The van der Waals surface area contributed by atoms with Crippen molar-refractivity contribution in [1.29, 1.82) is 0 Å². The standard InChI is InChI=1S/C10H12BrClN2O2/c11-8-6-7(12)2-3-9(8)14-10(16)13-4-1-5-15/h2-3,6,15H,1,4-5H2,(H2,13,14,16). The number of rotatable bonds is 4. The molecule has 0 aromatic heterocycles. The van der Waals surface area contributed by atoms with Crippen LogP contribution in [0.15, 0.2) is 22.7 Å². The fourth-order valence-corrected chi connectivity index (χ4v) is 1.82. The lowest BCUT2D eigenvalue weighted by Gasteiger charge is -2.08. The molecule has 2 amide bonds. The first-order valence-electron chi connectivity index (χ1n) is 4.74. The summed E-state index contributed by atoms with van der Waals surface area (Å²) in [5.74, 6) is 0. The van der Waals surface area contributed by atoms with Gasteiger partial charge in [-0.2, -0.15) is 0 Å². The van der Waals surface area contributed by atoms with Crippen LogP contribution in [0.2, 0.25) is 5.02 Å². The van der Waals surface area contributed by atoms with Crippen molar-refractivity contribution in [1.82, 2.24) is 5.32 Å². The summed E-state index contributed by atoms with van der Waals surface area (Å²) in [5.41, 5.74) is 0.644. The molecule has 88 valence electrons. The van der Waals surface area contributed by atoms with Crippen LogP contribution in [0.5, 0.6) is 0 Å². The topological polar surface area (TPSA) is 61.4 Å². The summed E-state index contributed by atoms with van der Waals surface area (Å²) in [7, 11) is 0. The predicted molar refractivity (Wildman–Crippen MR) is 67.9 cm³/mol. The highest BCUT2D eigenvalue weighted by Crippen LogP contribution is 2.25. The summed E-state index contributed by atoms with van der Waals surface area (Å²) < 4.78 is 0.720. The largest absolute Gasteiger partial charge is 0.396 e. The van der Waals surface area contributed by atoms with Gasteiger partial charge in [0.1, 0.15) is 0 Å². The quantitative estimate of drug-likeness (QED) is 0.749. The van der Waals surface area contributed by atoms with Crippen LogP contribution in [0.3, 0.4) is 0 Å². The smallest absolute Gasteiger partial charge is 0.319 e. The number of benzene rings is 1. The maximum atomic E-state index is 11.4. The molecule has 1 aromatic rings. The second-order valence-corrected chi connectivity index (χ2v) is 4.37. The Morgan fingerprint density at radius 2 is 2.25 bits per heavy atom. The number of carbonyl (C=O) groups is 1. The van der Waals surface area contributed by atoms with Crippen molar-refractivity contribution in [3.8, 4) is 0 Å². The van der Waals surface area contributed by atoms with Gasteiger partial charge in [0.15, 0.2) is 0 Å². The van der Waals surface area contributed by atoms with Crippen LogP contribution in [0.1, 0.15) is 6.42 Å². The molecule has 1 rings (SSSR count). The highest BCUT2D eigenvalue weighted by Gasteiger charge is 2.04. The summed E-state index contributed by atoms with van der Waals surface area (Å²) in [6, 6.07) is 4.79. The van der Waals surface area contributed by atoms with Crippen LogP contribution in [-0.4, -0.2) is 24.3 Å². The summed E-state index contributed by atoms with van der Waals surface area (Å²) in [4.78, 5) is 11.4. The van der Waals surface area contributed by atoms with Gasteiger partial charge in [-0.15, -0.1) is 0 Å². The maximum absolute atomic E-state index is 11.4. The summed E-state index contributed by atoms with van der Waals surface area (Å²) in [6.07, 6.45) is 0.537. The Balaban J connectivity index is 2.49. The summed E-state index contributed by atoms with van der Waals surface area (Å²) >= 11 is 9.06. The van der Waals surface area contributed by atoms with E-state index in [1.807, 2.05) is 0 Å². The number of nitrogens with one attached hydrogen (secondary N) is 2. The molecule has 0 bridgehead atoms. The number of halogens is 2. The molecule has 0 fully saturated rings. The molecule has 0 saturated carbocycles. The SMILES string of the molecule is O=C(NCCCO)Nc1ccc(Cl)cc1Br. The van der Waals surface area contributed by atoms with Gasteiger partial charge in [-0.1, -0.05) is 11.6 Å². The minimum Gasteiger partial charge on any atom is -0.396 e. The molecule has 3 N–H and O–H groups in total.